The zero-order valence-electron chi connectivity index (χ0n) is 10.8. The van der Waals surface area contributed by atoms with Crippen molar-refractivity contribution in [1.82, 2.24) is 5.32 Å². The maximum Gasteiger partial charge on any atom is 0.237 e. The van der Waals surface area contributed by atoms with E-state index >= 15 is 0 Å². The third-order valence-electron chi connectivity index (χ3n) is 2.67. The molecule has 0 unspecified atom stereocenters. The van der Waals surface area contributed by atoms with E-state index in [9.17, 15) is 4.79 Å². The fraction of sp³-hybridized carbons (Fsp3) is 0.917. The van der Waals surface area contributed by atoms with Crippen LogP contribution in [0.25, 0.3) is 0 Å². The highest BCUT2D eigenvalue weighted by Gasteiger charge is 2.18. The zero-order chi connectivity index (χ0) is 12.4. The molecule has 0 aliphatic rings. The summed E-state index contributed by atoms with van der Waals surface area (Å²) in [6.07, 6.45) is 2.80. The van der Waals surface area contributed by atoms with E-state index in [0.29, 0.717) is 13.2 Å². The Labute approximate surface area is 98.9 Å². The number of amides is 1. The molecule has 0 aliphatic carbocycles. The fourth-order valence-corrected chi connectivity index (χ4v) is 1.26. The summed E-state index contributed by atoms with van der Waals surface area (Å²) in [4.78, 5) is 11.6. The van der Waals surface area contributed by atoms with Gasteiger partial charge in [-0.1, -0.05) is 27.2 Å². The van der Waals surface area contributed by atoms with Crippen LogP contribution in [0.15, 0.2) is 0 Å². The van der Waals surface area contributed by atoms with Crippen LogP contribution in [0, 0.1) is 5.92 Å². The van der Waals surface area contributed by atoms with Gasteiger partial charge < -0.3 is 15.8 Å². The van der Waals surface area contributed by atoms with Crippen LogP contribution in [-0.4, -0.2) is 31.7 Å². The number of rotatable bonds is 9. The van der Waals surface area contributed by atoms with E-state index in [0.717, 1.165) is 25.9 Å². The predicted octanol–water partition coefficient (Wildman–Crippen LogP) is 1.29. The van der Waals surface area contributed by atoms with Gasteiger partial charge in [-0.2, -0.15) is 0 Å². The maximum absolute atomic E-state index is 11.6. The first-order valence-electron chi connectivity index (χ1n) is 6.24. The molecule has 4 nitrogen and oxygen atoms in total. The summed E-state index contributed by atoms with van der Waals surface area (Å²) in [5, 5.41) is 2.83. The van der Waals surface area contributed by atoms with Gasteiger partial charge in [0, 0.05) is 19.8 Å². The van der Waals surface area contributed by atoms with Gasteiger partial charge in [-0.05, 0) is 18.8 Å². The van der Waals surface area contributed by atoms with Crippen molar-refractivity contribution in [3.05, 3.63) is 0 Å². The predicted molar refractivity (Wildman–Crippen MR) is 66.2 cm³/mol. The van der Waals surface area contributed by atoms with Crippen molar-refractivity contribution in [2.75, 3.05) is 19.8 Å². The van der Waals surface area contributed by atoms with E-state index in [1.807, 2.05) is 13.8 Å². The van der Waals surface area contributed by atoms with Gasteiger partial charge in [-0.25, -0.2) is 0 Å². The Hall–Kier alpha value is -0.610. The molecule has 96 valence electrons. The topological polar surface area (TPSA) is 64.3 Å². The van der Waals surface area contributed by atoms with Crippen molar-refractivity contribution >= 4 is 5.91 Å². The number of hydrogen-bond acceptors (Lipinski definition) is 3. The SMILES string of the molecule is CCCOCCCNC(=O)[C@@H](N)[C@@H](C)CC. The molecule has 0 aromatic heterocycles. The number of carbonyl (C=O) groups excluding carboxylic acids is 1. The molecule has 0 rings (SSSR count). The standard InChI is InChI=1S/C12H26N2O2/c1-4-8-16-9-6-7-14-12(15)11(13)10(3)5-2/h10-11H,4-9,13H2,1-3H3,(H,14,15)/t10-,11-/m0/s1. The quantitative estimate of drug-likeness (QED) is 0.587. The molecule has 0 aromatic rings. The van der Waals surface area contributed by atoms with Crippen LogP contribution in [0.2, 0.25) is 0 Å². The van der Waals surface area contributed by atoms with Crippen LogP contribution >= 0.6 is 0 Å². The third kappa shape index (κ3) is 6.80. The van der Waals surface area contributed by atoms with E-state index in [1.54, 1.807) is 0 Å². The summed E-state index contributed by atoms with van der Waals surface area (Å²) in [6.45, 7) is 8.25. The van der Waals surface area contributed by atoms with Crippen molar-refractivity contribution in [3.8, 4) is 0 Å². The van der Waals surface area contributed by atoms with Crippen molar-refractivity contribution in [1.29, 1.82) is 0 Å². The van der Waals surface area contributed by atoms with Gasteiger partial charge in [0.1, 0.15) is 0 Å². The largest absolute Gasteiger partial charge is 0.381 e. The number of carbonyl (C=O) groups is 1. The lowest BCUT2D eigenvalue weighted by atomic mass is 9.99. The minimum atomic E-state index is -0.387. The highest BCUT2D eigenvalue weighted by molar-refractivity contribution is 5.81. The van der Waals surface area contributed by atoms with Crippen LogP contribution < -0.4 is 11.1 Å². The molecule has 2 atom stereocenters. The maximum atomic E-state index is 11.6. The van der Waals surface area contributed by atoms with Gasteiger partial charge >= 0.3 is 0 Å². The molecule has 0 spiro atoms. The molecule has 0 bridgehead atoms. The van der Waals surface area contributed by atoms with Crippen molar-refractivity contribution in [3.63, 3.8) is 0 Å². The minimum absolute atomic E-state index is 0.0511. The molecule has 0 aliphatic heterocycles. The second-order valence-electron chi connectivity index (χ2n) is 4.17. The van der Waals surface area contributed by atoms with Gasteiger partial charge in [-0.15, -0.1) is 0 Å². The second kappa shape index (κ2) is 9.60. The molecular weight excluding hydrogens is 204 g/mol. The Kier molecular flexibility index (Phi) is 9.24. The molecule has 0 saturated carbocycles. The van der Waals surface area contributed by atoms with Crippen LogP contribution in [0.4, 0.5) is 0 Å². The first-order chi connectivity index (χ1) is 7.63. The summed E-state index contributed by atoms with van der Waals surface area (Å²) in [7, 11) is 0. The van der Waals surface area contributed by atoms with Gasteiger partial charge in [0.05, 0.1) is 6.04 Å². The van der Waals surface area contributed by atoms with E-state index in [-0.39, 0.29) is 17.9 Å². The minimum Gasteiger partial charge on any atom is -0.381 e. The Balaban J connectivity index is 3.50. The van der Waals surface area contributed by atoms with Crippen LogP contribution in [-0.2, 0) is 9.53 Å². The van der Waals surface area contributed by atoms with Gasteiger partial charge in [0.2, 0.25) is 5.91 Å². The molecule has 0 aromatic carbocycles. The van der Waals surface area contributed by atoms with Crippen molar-refractivity contribution in [2.24, 2.45) is 11.7 Å². The van der Waals surface area contributed by atoms with Crippen LogP contribution in [0.3, 0.4) is 0 Å². The fourth-order valence-electron chi connectivity index (χ4n) is 1.26. The molecule has 1 amide bonds. The van der Waals surface area contributed by atoms with E-state index in [1.165, 1.54) is 0 Å². The third-order valence-corrected chi connectivity index (χ3v) is 2.67. The Morgan fingerprint density at radius 1 is 1.38 bits per heavy atom. The first-order valence-corrected chi connectivity index (χ1v) is 6.24. The number of nitrogens with two attached hydrogens (primary N) is 1. The Morgan fingerprint density at radius 2 is 2.06 bits per heavy atom. The average molecular weight is 230 g/mol. The van der Waals surface area contributed by atoms with Gasteiger partial charge in [0.15, 0.2) is 0 Å². The number of hydrogen-bond donors (Lipinski definition) is 2. The summed E-state index contributed by atoms with van der Waals surface area (Å²) in [5.74, 6) is 0.182. The first kappa shape index (κ1) is 15.4. The van der Waals surface area contributed by atoms with Crippen molar-refractivity contribution < 1.29 is 9.53 Å². The highest BCUT2D eigenvalue weighted by Crippen LogP contribution is 2.04. The monoisotopic (exact) mass is 230 g/mol. The molecule has 0 radical (unpaired) electrons. The summed E-state index contributed by atoms with van der Waals surface area (Å²) in [5.41, 5.74) is 5.79. The van der Waals surface area contributed by atoms with Gasteiger partial charge in [0.25, 0.3) is 0 Å². The zero-order valence-corrected chi connectivity index (χ0v) is 10.8. The highest BCUT2D eigenvalue weighted by atomic mass is 16.5. The molecule has 3 N–H and O–H groups in total. The average Bonchev–Trinajstić information content (AvgIpc) is 2.31. The Morgan fingerprint density at radius 3 is 2.62 bits per heavy atom. The molecule has 0 heterocycles. The number of ether oxygens (including phenoxy) is 1. The summed E-state index contributed by atoms with van der Waals surface area (Å²) >= 11 is 0. The van der Waals surface area contributed by atoms with Crippen LogP contribution in [0.5, 0.6) is 0 Å². The van der Waals surface area contributed by atoms with E-state index in [4.69, 9.17) is 10.5 Å². The Bertz CT molecular complexity index is 186. The van der Waals surface area contributed by atoms with E-state index < -0.39 is 0 Å². The van der Waals surface area contributed by atoms with E-state index in [2.05, 4.69) is 12.2 Å². The number of nitrogens with one attached hydrogen (secondary N) is 1. The molecular formula is C12H26N2O2. The summed E-state index contributed by atoms with van der Waals surface area (Å²) in [6, 6.07) is -0.387. The molecule has 0 fully saturated rings. The lowest BCUT2D eigenvalue weighted by Crippen LogP contribution is -2.44. The molecule has 16 heavy (non-hydrogen) atoms. The van der Waals surface area contributed by atoms with Crippen molar-refractivity contribution in [2.45, 2.75) is 46.1 Å². The second-order valence-corrected chi connectivity index (χ2v) is 4.17. The molecule has 4 heteroatoms. The van der Waals surface area contributed by atoms with Gasteiger partial charge in [-0.3, -0.25) is 4.79 Å². The van der Waals surface area contributed by atoms with Crippen LogP contribution in [0.1, 0.15) is 40.0 Å². The lowest BCUT2D eigenvalue weighted by Gasteiger charge is -2.17. The normalized spacial score (nSPS) is 14.5. The lowest BCUT2D eigenvalue weighted by molar-refractivity contribution is -0.123. The summed E-state index contributed by atoms with van der Waals surface area (Å²) < 4.78 is 5.31. The molecule has 0 saturated heterocycles. The smallest absolute Gasteiger partial charge is 0.237 e.